The number of amides is 1. The van der Waals surface area contributed by atoms with E-state index in [1.165, 1.54) is 5.56 Å². The second-order valence-corrected chi connectivity index (χ2v) is 13.0. The van der Waals surface area contributed by atoms with E-state index in [-0.39, 0.29) is 5.91 Å². The van der Waals surface area contributed by atoms with Crippen molar-refractivity contribution in [2.75, 3.05) is 49.2 Å². The summed E-state index contributed by atoms with van der Waals surface area (Å²) >= 11 is 1.66. The van der Waals surface area contributed by atoms with Gasteiger partial charge in [-0.2, -0.15) is 0 Å². The van der Waals surface area contributed by atoms with Crippen LogP contribution in [0.1, 0.15) is 22.8 Å². The van der Waals surface area contributed by atoms with Gasteiger partial charge in [0.05, 0.1) is 29.9 Å². The number of nitrogen functional groups attached to an aromatic ring is 1. The first-order valence-electron chi connectivity index (χ1n) is 11.1. The normalized spacial score (nSPS) is 16.1. The minimum absolute atomic E-state index is 0.162. The molecule has 0 atom stereocenters. The molecule has 168 valence electrons. The molecule has 2 heterocycles. The molecule has 1 fully saturated rings. The number of hydrogen-bond donors (Lipinski definition) is 3. The highest BCUT2D eigenvalue weighted by molar-refractivity contribution is 7.70. The maximum atomic E-state index is 12.8. The molecule has 0 aliphatic carbocycles. The van der Waals surface area contributed by atoms with Crippen molar-refractivity contribution in [2.24, 2.45) is 0 Å². The van der Waals surface area contributed by atoms with Gasteiger partial charge < -0.3 is 11.1 Å². The molecule has 1 aliphatic rings. The van der Waals surface area contributed by atoms with E-state index in [9.17, 15) is 9.69 Å². The monoisotopic (exact) mass is 468 g/mol. The summed E-state index contributed by atoms with van der Waals surface area (Å²) in [5.74, 6) is -0.162. The smallest absolute Gasteiger partial charge is 0.255 e. The first kappa shape index (κ1) is 22.9. The van der Waals surface area contributed by atoms with E-state index in [0.717, 1.165) is 55.0 Å². The van der Waals surface area contributed by atoms with Gasteiger partial charge in [0, 0.05) is 30.1 Å². The Kier molecular flexibility index (Phi) is 7.27. The third-order valence-electron chi connectivity index (χ3n) is 6.29. The molecule has 5 nitrogen and oxygen atoms in total. The van der Waals surface area contributed by atoms with Crippen LogP contribution >= 0.6 is 18.8 Å². The number of hydrogen-bond acceptors (Lipinski definition) is 5. The number of nitrogens with zero attached hydrogens (tertiary/aromatic N) is 1. The average molecular weight is 469 g/mol. The minimum atomic E-state index is -1.64. The number of carbonyl (C=O) groups is 1. The van der Waals surface area contributed by atoms with Crippen LogP contribution < -0.4 is 11.1 Å². The molecule has 2 aromatic carbocycles. The Morgan fingerprint density at radius 3 is 2.56 bits per heavy atom. The van der Waals surface area contributed by atoms with E-state index in [1.54, 1.807) is 11.3 Å². The van der Waals surface area contributed by atoms with Crippen molar-refractivity contribution >= 4 is 36.1 Å². The lowest BCUT2D eigenvalue weighted by atomic mass is 10.1. The van der Waals surface area contributed by atoms with Gasteiger partial charge in [-0.15, -0.1) is 11.3 Å². The van der Waals surface area contributed by atoms with Crippen molar-refractivity contribution < 1.29 is 9.69 Å². The van der Waals surface area contributed by atoms with Crippen molar-refractivity contribution in [1.29, 1.82) is 0 Å². The van der Waals surface area contributed by atoms with Gasteiger partial charge in [-0.1, -0.05) is 24.3 Å². The summed E-state index contributed by atoms with van der Waals surface area (Å²) in [7, 11) is -1.64. The fraction of sp³-hybridized carbons (Fsp3) is 0.320. The van der Waals surface area contributed by atoms with Crippen molar-refractivity contribution in [2.45, 2.75) is 13.3 Å². The highest BCUT2D eigenvalue weighted by atomic mass is 32.1. The average Bonchev–Trinajstić information content (AvgIpc) is 3.35. The number of rotatable bonds is 7. The van der Waals surface area contributed by atoms with Gasteiger partial charge in [-0.3, -0.25) is 14.6 Å². The topological polar surface area (TPSA) is 78.6 Å². The molecule has 4 N–H and O–H groups in total. The van der Waals surface area contributed by atoms with Crippen molar-refractivity contribution in [3.63, 3.8) is 0 Å². The maximum absolute atomic E-state index is 12.8. The molecule has 4 rings (SSSR count). The van der Waals surface area contributed by atoms with Crippen LogP contribution in [0.2, 0.25) is 0 Å². The molecular weight excluding hydrogens is 437 g/mol. The van der Waals surface area contributed by atoms with Crippen LogP contribution in [0.3, 0.4) is 0 Å². The Bertz CT molecular complexity index is 1050. The summed E-state index contributed by atoms with van der Waals surface area (Å²) in [6.45, 7) is 5.08. The summed E-state index contributed by atoms with van der Waals surface area (Å²) in [5, 5.41) is 4.99. The Labute approximate surface area is 194 Å². The van der Waals surface area contributed by atoms with Crippen molar-refractivity contribution in [1.82, 2.24) is 4.90 Å². The highest BCUT2D eigenvalue weighted by Gasteiger charge is 2.37. The van der Waals surface area contributed by atoms with Gasteiger partial charge in [0.1, 0.15) is 7.49 Å². The first-order valence-corrected chi connectivity index (χ1v) is 14.3. The van der Waals surface area contributed by atoms with Crippen LogP contribution in [0, 0.1) is 0 Å². The number of nitrogens with one attached hydrogen (secondary N) is 1. The van der Waals surface area contributed by atoms with Crippen LogP contribution in [0.5, 0.6) is 0 Å². The lowest BCUT2D eigenvalue weighted by Crippen LogP contribution is -2.38. The van der Waals surface area contributed by atoms with Gasteiger partial charge in [-0.05, 0) is 60.2 Å². The predicted octanol–water partition coefficient (Wildman–Crippen LogP) is 5.05. The van der Waals surface area contributed by atoms with Crippen molar-refractivity contribution in [3.8, 4) is 10.4 Å². The predicted molar refractivity (Wildman–Crippen MR) is 138 cm³/mol. The molecule has 0 unspecified atom stereocenters. The lowest BCUT2D eigenvalue weighted by molar-refractivity contribution is 0.102. The molecule has 3 aromatic rings. The van der Waals surface area contributed by atoms with E-state index in [4.69, 9.17) is 5.73 Å². The second kappa shape index (κ2) is 10.1. The molecule has 7 heteroatoms. The van der Waals surface area contributed by atoms with Gasteiger partial charge in [0.15, 0.2) is 0 Å². The van der Waals surface area contributed by atoms with Crippen LogP contribution in [0.4, 0.5) is 11.4 Å². The van der Waals surface area contributed by atoms with Crippen LogP contribution in [-0.2, 0) is 6.42 Å². The van der Waals surface area contributed by atoms with Gasteiger partial charge >= 0.3 is 0 Å². The highest BCUT2D eigenvalue weighted by Crippen LogP contribution is 2.55. The second-order valence-electron chi connectivity index (χ2n) is 8.38. The number of anilines is 2. The molecule has 0 radical (unpaired) electrons. The van der Waals surface area contributed by atoms with E-state index in [1.807, 2.05) is 53.9 Å². The summed E-state index contributed by atoms with van der Waals surface area (Å²) in [6, 6.07) is 17.6. The summed E-state index contributed by atoms with van der Waals surface area (Å²) < 4.78 is 0. The minimum Gasteiger partial charge on any atom is -0.397 e. The summed E-state index contributed by atoms with van der Waals surface area (Å²) in [6.07, 6.45) is 3.80. The van der Waals surface area contributed by atoms with E-state index >= 15 is 0 Å². The van der Waals surface area contributed by atoms with Crippen LogP contribution in [0.15, 0.2) is 60.0 Å². The zero-order chi connectivity index (χ0) is 22.6. The molecule has 1 amide bonds. The van der Waals surface area contributed by atoms with Gasteiger partial charge in [-0.25, -0.2) is 0 Å². The van der Waals surface area contributed by atoms with Crippen molar-refractivity contribution in [3.05, 3.63) is 71.1 Å². The molecule has 1 aliphatic heterocycles. The Morgan fingerprint density at radius 2 is 1.91 bits per heavy atom. The van der Waals surface area contributed by atoms with E-state index in [0.29, 0.717) is 16.9 Å². The molecular formula is C25H31N3O2PS+. The fourth-order valence-corrected chi connectivity index (χ4v) is 6.87. The summed E-state index contributed by atoms with van der Waals surface area (Å²) in [4.78, 5) is 26.8. The van der Waals surface area contributed by atoms with E-state index < -0.39 is 7.49 Å². The molecule has 0 bridgehead atoms. The molecule has 0 spiro atoms. The Hall–Kier alpha value is -2.24. The quantitative estimate of drug-likeness (QED) is 0.335. The largest absolute Gasteiger partial charge is 0.397 e. The molecule has 1 aromatic heterocycles. The first-order chi connectivity index (χ1) is 15.5. The number of carbonyl (C=O) groups excluding carboxylic acids is 1. The third kappa shape index (κ3) is 5.57. The molecule has 1 saturated heterocycles. The zero-order valence-electron chi connectivity index (χ0n) is 18.5. The summed E-state index contributed by atoms with van der Waals surface area (Å²) in [5.41, 5.74) is 10.1. The van der Waals surface area contributed by atoms with E-state index in [2.05, 4.69) is 23.2 Å². The lowest BCUT2D eigenvalue weighted by Gasteiger charge is -2.31. The Morgan fingerprint density at radius 1 is 1.16 bits per heavy atom. The zero-order valence-corrected chi connectivity index (χ0v) is 20.2. The Balaban J connectivity index is 1.33. The van der Waals surface area contributed by atoms with Crippen LogP contribution in [0.25, 0.3) is 10.4 Å². The molecule has 0 saturated carbocycles. The van der Waals surface area contributed by atoms with Gasteiger partial charge in [0.25, 0.3) is 5.91 Å². The third-order valence-corrected chi connectivity index (χ3v) is 10.5. The van der Waals surface area contributed by atoms with Gasteiger partial charge in [0.2, 0.25) is 0 Å². The number of benzene rings is 2. The SMILES string of the molecule is CC[P+]1(O)CCN(CCc2ccc(C(=O)Nc3cc(-c4cccs4)ccc3N)cc2)CC1. The number of nitrogens with two attached hydrogens (primary N) is 1. The van der Waals surface area contributed by atoms with Crippen LogP contribution in [-0.4, -0.2) is 53.8 Å². The molecule has 32 heavy (non-hydrogen) atoms. The standard InChI is InChI=1S/C25H30N3O2PS/c1-2-31(30)15-13-28(14-16-31)12-11-19-5-7-20(8-6-19)25(29)27-23-18-21(9-10-22(23)26)24-4-3-17-32-24/h3-10,17-18,30H,2,11-16,26H2,1H3/p+1. The number of thiophene rings is 1. The fourth-order valence-electron chi connectivity index (χ4n) is 3.98. The maximum Gasteiger partial charge on any atom is 0.255 e.